The Morgan fingerprint density at radius 3 is 2.79 bits per heavy atom. The van der Waals surface area contributed by atoms with Crippen LogP contribution in [0.3, 0.4) is 0 Å². The van der Waals surface area contributed by atoms with Gasteiger partial charge in [-0.2, -0.15) is 0 Å². The number of sulfone groups is 1. The summed E-state index contributed by atoms with van der Waals surface area (Å²) in [6.45, 7) is 0.445. The van der Waals surface area contributed by atoms with Crippen LogP contribution in [-0.2, 0) is 9.84 Å². The maximum absolute atomic E-state index is 11.8. The first-order valence-corrected chi connectivity index (χ1v) is 8.43. The molecule has 5 heteroatoms. The van der Waals surface area contributed by atoms with Crippen molar-refractivity contribution >= 4 is 9.84 Å². The topological polar surface area (TPSA) is 69.4 Å². The quantitative estimate of drug-likeness (QED) is 0.910. The summed E-state index contributed by atoms with van der Waals surface area (Å²) in [5, 5.41) is 0. The zero-order chi connectivity index (χ0) is 13.9. The minimum Gasteiger partial charge on any atom is -0.496 e. The van der Waals surface area contributed by atoms with E-state index in [9.17, 15) is 8.42 Å². The molecule has 0 amide bonds. The van der Waals surface area contributed by atoms with Crippen LogP contribution < -0.4 is 10.5 Å². The molecule has 4 nitrogen and oxygen atoms in total. The fourth-order valence-corrected chi connectivity index (χ4v) is 4.75. The highest BCUT2D eigenvalue weighted by molar-refractivity contribution is 7.91. The average molecular weight is 283 g/mol. The van der Waals surface area contributed by atoms with Crippen LogP contribution in [0.15, 0.2) is 24.3 Å². The molecule has 1 aliphatic rings. The number of para-hydroxylation sites is 1. The molecular formula is C14H21NO3S. The Hall–Kier alpha value is -1.07. The number of ether oxygens (including phenoxy) is 1. The first-order chi connectivity index (χ1) is 9.07. The van der Waals surface area contributed by atoms with Gasteiger partial charge in [-0.3, -0.25) is 0 Å². The lowest BCUT2D eigenvalue weighted by molar-refractivity contribution is 0.376. The molecule has 2 unspecified atom stereocenters. The maximum Gasteiger partial charge on any atom is 0.150 e. The molecule has 1 aromatic carbocycles. The molecule has 2 N–H and O–H groups in total. The van der Waals surface area contributed by atoms with Gasteiger partial charge in [0.2, 0.25) is 0 Å². The van der Waals surface area contributed by atoms with Crippen LogP contribution >= 0.6 is 0 Å². The third-order valence-electron chi connectivity index (χ3n) is 3.86. The van der Waals surface area contributed by atoms with Crippen LogP contribution in [0, 0.1) is 5.92 Å². The van der Waals surface area contributed by atoms with Gasteiger partial charge in [0.25, 0.3) is 0 Å². The highest BCUT2D eigenvalue weighted by Gasteiger charge is 2.32. The van der Waals surface area contributed by atoms with Crippen LogP contribution in [0.25, 0.3) is 0 Å². The van der Waals surface area contributed by atoms with Crippen LogP contribution in [0.1, 0.15) is 24.3 Å². The van der Waals surface area contributed by atoms with Gasteiger partial charge in [0.05, 0.1) is 18.6 Å². The lowest BCUT2D eigenvalue weighted by Crippen LogP contribution is -2.32. The molecule has 0 saturated carbocycles. The van der Waals surface area contributed by atoms with Gasteiger partial charge in [0.1, 0.15) is 5.75 Å². The molecule has 0 radical (unpaired) electrons. The molecule has 0 bridgehead atoms. The Morgan fingerprint density at radius 2 is 2.16 bits per heavy atom. The number of methoxy groups -OCH3 is 1. The summed E-state index contributed by atoms with van der Waals surface area (Å²) in [6, 6.07) is 7.73. The number of hydrogen-bond donors (Lipinski definition) is 1. The van der Waals surface area contributed by atoms with Crippen molar-refractivity contribution in [1.82, 2.24) is 0 Å². The lowest BCUT2D eigenvalue weighted by atomic mass is 9.84. The fraction of sp³-hybridized carbons (Fsp3) is 0.571. The molecule has 2 rings (SSSR count). The average Bonchev–Trinajstić information content (AvgIpc) is 2.39. The van der Waals surface area contributed by atoms with Gasteiger partial charge in [-0.25, -0.2) is 8.42 Å². The summed E-state index contributed by atoms with van der Waals surface area (Å²) < 4.78 is 29.0. The Bertz CT molecular complexity index is 527. The van der Waals surface area contributed by atoms with Crippen LogP contribution in [-0.4, -0.2) is 33.6 Å². The van der Waals surface area contributed by atoms with Gasteiger partial charge in [-0.1, -0.05) is 18.2 Å². The van der Waals surface area contributed by atoms with Crippen molar-refractivity contribution in [2.24, 2.45) is 11.7 Å². The normalized spacial score (nSPS) is 23.8. The van der Waals surface area contributed by atoms with Crippen molar-refractivity contribution < 1.29 is 13.2 Å². The lowest BCUT2D eigenvalue weighted by Gasteiger charge is -2.30. The minimum atomic E-state index is -2.91. The van der Waals surface area contributed by atoms with E-state index in [0.717, 1.165) is 24.2 Å². The first kappa shape index (κ1) is 14.3. The summed E-state index contributed by atoms with van der Waals surface area (Å²) in [5.41, 5.74) is 6.92. The SMILES string of the molecule is COc1ccccc1C(CN)C1CCCS(=O)(=O)C1. The van der Waals surface area contributed by atoms with Gasteiger partial charge >= 0.3 is 0 Å². The zero-order valence-electron chi connectivity index (χ0n) is 11.2. The molecule has 1 fully saturated rings. The van der Waals surface area contributed by atoms with Crippen LogP contribution in [0.4, 0.5) is 0 Å². The van der Waals surface area contributed by atoms with E-state index in [1.165, 1.54) is 0 Å². The largest absolute Gasteiger partial charge is 0.496 e. The predicted octanol–water partition coefficient (Wildman–Crippen LogP) is 1.56. The molecule has 1 saturated heterocycles. The van der Waals surface area contributed by atoms with E-state index in [1.54, 1.807) is 7.11 Å². The van der Waals surface area contributed by atoms with Crippen molar-refractivity contribution in [1.29, 1.82) is 0 Å². The summed E-state index contributed by atoms with van der Waals surface area (Å²) in [7, 11) is -1.28. The fourth-order valence-electron chi connectivity index (χ4n) is 2.92. The van der Waals surface area contributed by atoms with E-state index < -0.39 is 9.84 Å². The Morgan fingerprint density at radius 1 is 1.42 bits per heavy atom. The molecule has 1 heterocycles. The van der Waals surface area contributed by atoms with Gasteiger partial charge in [-0.15, -0.1) is 0 Å². The second-order valence-corrected chi connectivity index (χ2v) is 7.33. The summed E-state index contributed by atoms with van der Waals surface area (Å²) >= 11 is 0. The van der Waals surface area contributed by atoms with Gasteiger partial charge in [0.15, 0.2) is 9.84 Å². The van der Waals surface area contributed by atoms with Gasteiger partial charge in [0, 0.05) is 5.92 Å². The Labute approximate surface area is 114 Å². The van der Waals surface area contributed by atoms with E-state index in [1.807, 2.05) is 24.3 Å². The summed E-state index contributed by atoms with van der Waals surface area (Å²) in [6.07, 6.45) is 1.65. The zero-order valence-corrected chi connectivity index (χ0v) is 12.0. The third-order valence-corrected chi connectivity index (χ3v) is 5.71. The van der Waals surface area contributed by atoms with Gasteiger partial charge in [-0.05, 0) is 36.9 Å². The summed E-state index contributed by atoms with van der Waals surface area (Å²) in [5.74, 6) is 1.49. The minimum absolute atomic E-state index is 0.0474. The molecule has 1 aromatic rings. The monoisotopic (exact) mass is 283 g/mol. The van der Waals surface area contributed by atoms with Gasteiger partial charge < -0.3 is 10.5 Å². The maximum atomic E-state index is 11.8. The molecule has 0 aliphatic carbocycles. The number of hydrogen-bond acceptors (Lipinski definition) is 4. The molecule has 19 heavy (non-hydrogen) atoms. The van der Waals surface area contributed by atoms with Crippen LogP contribution in [0.5, 0.6) is 5.75 Å². The summed E-state index contributed by atoms with van der Waals surface area (Å²) in [4.78, 5) is 0. The Balaban J connectivity index is 2.29. The number of nitrogens with two attached hydrogens (primary N) is 1. The molecular weight excluding hydrogens is 262 g/mol. The molecule has 2 atom stereocenters. The van der Waals surface area contributed by atoms with E-state index >= 15 is 0 Å². The van der Waals surface area contributed by atoms with Crippen molar-refractivity contribution in [2.75, 3.05) is 25.2 Å². The van der Waals surface area contributed by atoms with E-state index in [4.69, 9.17) is 10.5 Å². The second-order valence-electron chi connectivity index (χ2n) is 5.10. The van der Waals surface area contributed by atoms with Crippen molar-refractivity contribution in [3.05, 3.63) is 29.8 Å². The van der Waals surface area contributed by atoms with Crippen molar-refractivity contribution in [2.45, 2.75) is 18.8 Å². The predicted molar refractivity (Wildman–Crippen MR) is 76.2 cm³/mol. The smallest absolute Gasteiger partial charge is 0.150 e. The second kappa shape index (κ2) is 5.92. The molecule has 106 valence electrons. The highest BCUT2D eigenvalue weighted by atomic mass is 32.2. The number of benzene rings is 1. The van der Waals surface area contributed by atoms with E-state index in [0.29, 0.717) is 12.3 Å². The first-order valence-electron chi connectivity index (χ1n) is 6.61. The molecule has 1 aliphatic heterocycles. The molecule has 0 aromatic heterocycles. The van der Waals surface area contributed by atoms with Crippen molar-refractivity contribution in [3.8, 4) is 5.75 Å². The van der Waals surface area contributed by atoms with Crippen LogP contribution in [0.2, 0.25) is 0 Å². The number of rotatable bonds is 4. The van der Waals surface area contributed by atoms with E-state index in [2.05, 4.69) is 0 Å². The highest BCUT2D eigenvalue weighted by Crippen LogP contribution is 2.36. The van der Waals surface area contributed by atoms with Crippen molar-refractivity contribution in [3.63, 3.8) is 0 Å². The van der Waals surface area contributed by atoms with E-state index in [-0.39, 0.29) is 17.6 Å². The Kier molecular flexibility index (Phi) is 4.47. The molecule has 0 spiro atoms. The standard InChI is InChI=1S/C14H21NO3S/c1-18-14-7-3-2-6-12(14)13(9-15)11-5-4-8-19(16,17)10-11/h2-3,6-7,11,13H,4-5,8-10,15H2,1H3. The third kappa shape index (κ3) is 3.28.